The van der Waals surface area contributed by atoms with Crippen LogP contribution in [0.15, 0.2) is 59.4 Å². The molecular weight excluding hydrogens is 398 g/mol. The molecule has 0 aliphatic heterocycles. The highest BCUT2D eigenvalue weighted by Gasteiger charge is 2.10. The second kappa shape index (κ2) is 10.3. The quantitative estimate of drug-likeness (QED) is 0.568. The van der Waals surface area contributed by atoms with Gasteiger partial charge in [0, 0.05) is 30.7 Å². The molecule has 0 fully saturated rings. The van der Waals surface area contributed by atoms with Crippen LogP contribution in [0.4, 0.5) is 5.69 Å². The van der Waals surface area contributed by atoms with E-state index in [-0.39, 0.29) is 17.9 Å². The Morgan fingerprint density at radius 1 is 0.935 bits per heavy atom. The molecule has 3 rings (SSSR count). The topological polar surface area (TPSA) is 91.7 Å². The summed E-state index contributed by atoms with van der Waals surface area (Å²) in [7, 11) is 4.69. The first kappa shape index (κ1) is 21.9. The molecule has 0 aliphatic rings. The van der Waals surface area contributed by atoms with Gasteiger partial charge < -0.3 is 19.5 Å². The Bertz CT molecular complexity index is 1090. The largest absolute Gasteiger partial charge is 0.497 e. The molecule has 0 saturated heterocycles. The highest BCUT2D eigenvalue weighted by molar-refractivity contribution is 5.92. The number of nitrogens with zero attached hydrogens (tertiary/aromatic N) is 2. The van der Waals surface area contributed by atoms with Crippen LogP contribution >= 0.6 is 0 Å². The van der Waals surface area contributed by atoms with E-state index in [4.69, 9.17) is 14.2 Å². The second-order valence-electron chi connectivity index (χ2n) is 6.73. The van der Waals surface area contributed by atoms with E-state index in [9.17, 15) is 9.59 Å². The number of rotatable bonds is 9. The van der Waals surface area contributed by atoms with Gasteiger partial charge in [-0.15, -0.1) is 0 Å². The summed E-state index contributed by atoms with van der Waals surface area (Å²) in [5.41, 5.74) is 1.86. The number of carbonyl (C=O) groups is 1. The third kappa shape index (κ3) is 5.63. The minimum atomic E-state index is -0.216. The zero-order valence-corrected chi connectivity index (χ0v) is 17.8. The first-order valence-electron chi connectivity index (χ1n) is 9.78. The summed E-state index contributed by atoms with van der Waals surface area (Å²) in [6.45, 7) is 0.325. The number of methoxy groups -OCH3 is 3. The predicted molar refractivity (Wildman–Crippen MR) is 118 cm³/mol. The lowest BCUT2D eigenvalue weighted by Crippen LogP contribution is -2.23. The molecule has 2 aromatic carbocycles. The Hall–Kier alpha value is -3.81. The number of anilines is 1. The van der Waals surface area contributed by atoms with Crippen molar-refractivity contribution in [3.05, 3.63) is 65.0 Å². The van der Waals surface area contributed by atoms with Crippen molar-refractivity contribution in [2.75, 3.05) is 26.6 Å². The third-order valence-corrected chi connectivity index (χ3v) is 4.71. The number of aryl methyl sites for hydroxylation is 1. The summed E-state index contributed by atoms with van der Waals surface area (Å²) in [6.07, 6.45) is 0.679. The molecule has 0 radical (unpaired) electrons. The number of ether oxygens (including phenoxy) is 3. The molecule has 0 bridgehead atoms. The van der Waals surface area contributed by atoms with Crippen LogP contribution in [0.1, 0.15) is 12.8 Å². The van der Waals surface area contributed by atoms with Crippen molar-refractivity contribution < 1.29 is 19.0 Å². The zero-order valence-electron chi connectivity index (χ0n) is 17.8. The van der Waals surface area contributed by atoms with Crippen molar-refractivity contribution in [3.63, 3.8) is 0 Å². The Morgan fingerprint density at radius 3 is 2.32 bits per heavy atom. The lowest BCUT2D eigenvalue weighted by atomic mass is 10.1. The van der Waals surface area contributed by atoms with Gasteiger partial charge in [-0.1, -0.05) is 0 Å². The molecule has 31 heavy (non-hydrogen) atoms. The molecule has 0 atom stereocenters. The predicted octanol–water partition coefficient (Wildman–Crippen LogP) is 3.36. The van der Waals surface area contributed by atoms with Crippen LogP contribution in [0.2, 0.25) is 0 Å². The molecule has 0 aliphatic carbocycles. The SMILES string of the molecule is COc1ccc(-c2ccc(=O)n(CCCC(=O)Nc3cc(OC)ccc3OC)n2)cc1. The van der Waals surface area contributed by atoms with Crippen LogP contribution in [0.25, 0.3) is 11.3 Å². The number of hydrogen-bond donors (Lipinski definition) is 1. The van der Waals surface area contributed by atoms with Crippen molar-refractivity contribution in [2.45, 2.75) is 19.4 Å². The number of hydrogen-bond acceptors (Lipinski definition) is 6. The number of benzene rings is 2. The number of carbonyl (C=O) groups excluding carboxylic acids is 1. The Kier molecular flexibility index (Phi) is 7.26. The lowest BCUT2D eigenvalue weighted by molar-refractivity contribution is -0.116. The van der Waals surface area contributed by atoms with Gasteiger partial charge in [0.15, 0.2) is 0 Å². The standard InChI is InChI=1S/C23H25N3O5/c1-29-17-8-6-16(7-9-17)19-11-13-23(28)26(25-19)14-4-5-22(27)24-20-15-18(30-2)10-12-21(20)31-3/h6-13,15H,4-5,14H2,1-3H3,(H,24,27). The minimum Gasteiger partial charge on any atom is -0.497 e. The van der Waals surface area contributed by atoms with Gasteiger partial charge in [0.1, 0.15) is 17.2 Å². The molecule has 1 N–H and O–H groups in total. The van der Waals surface area contributed by atoms with Crippen LogP contribution in [-0.2, 0) is 11.3 Å². The smallest absolute Gasteiger partial charge is 0.266 e. The van der Waals surface area contributed by atoms with Gasteiger partial charge in [-0.2, -0.15) is 5.10 Å². The van der Waals surface area contributed by atoms with Crippen molar-refractivity contribution in [1.82, 2.24) is 9.78 Å². The van der Waals surface area contributed by atoms with Gasteiger partial charge >= 0.3 is 0 Å². The van der Waals surface area contributed by atoms with Crippen molar-refractivity contribution >= 4 is 11.6 Å². The van der Waals surface area contributed by atoms with E-state index in [2.05, 4.69) is 10.4 Å². The van der Waals surface area contributed by atoms with E-state index in [1.54, 1.807) is 38.5 Å². The lowest BCUT2D eigenvalue weighted by Gasteiger charge is -2.12. The molecule has 8 nitrogen and oxygen atoms in total. The third-order valence-electron chi connectivity index (χ3n) is 4.71. The summed E-state index contributed by atoms with van der Waals surface area (Å²) in [5.74, 6) is 1.71. The molecule has 1 heterocycles. The fourth-order valence-corrected chi connectivity index (χ4v) is 3.04. The van der Waals surface area contributed by atoms with Crippen LogP contribution < -0.4 is 25.1 Å². The van der Waals surface area contributed by atoms with Crippen molar-refractivity contribution in [1.29, 1.82) is 0 Å². The van der Waals surface area contributed by atoms with E-state index in [0.29, 0.717) is 35.8 Å². The minimum absolute atomic E-state index is 0.189. The van der Waals surface area contributed by atoms with E-state index in [1.165, 1.54) is 17.9 Å². The Morgan fingerprint density at radius 2 is 1.65 bits per heavy atom. The number of nitrogens with one attached hydrogen (secondary N) is 1. The summed E-state index contributed by atoms with van der Waals surface area (Å²) in [6, 6.07) is 15.8. The van der Waals surface area contributed by atoms with Crippen LogP contribution in [0.5, 0.6) is 17.2 Å². The van der Waals surface area contributed by atoms with Crippen LogP contribution in [0.3, 0.4) is 0 Å². The van der Waals surface area contributed by atoms with Crippen molar-refractivity contribution in [3.8, 4) is 28.5 Å². The van der Waals surface area contributed by atoms with Crippen LogP contribution in [-0.4, -0.2) is 37.0 Å². The van der Waals surface area contributed by atoms with E-state index in [1.807, 2.05) is 24.3 Å². The molecule has 0 spiro atoms. The van der Waals surface area contributed by atoms with E-state index >= 15 is 0 Å². The molecule has 0 saturated carbocycles. The van der Waals surface area contributed by atoms with Gasteiger partial charge in [-0.05, 0) is 48.9 Å². The average Bonchev–Trinajstić information content (AvgIpc) is 2.80. The number of amides is 1. The summed E-state index contributed by atoms with van der Waals surface area (Å²) >= 11 is 0. The van der Waals surface area contributed by atoms with Gasteiger partial charge in [0.2, 0.25) is 5.91 Å². The Balaban J connectivity index is 1.62. The van der Waals surface area contributed by atoms with Crippen LogP contribution in [0, 0.1) is 0 Å². The molecular formula is C23H25N3O5. The van der Waals surface area contributed by atoms with E-state index < -0.39 is 0 Å². The first-order valence-corrected chi connectivity index (χ1v) is 9.78. The van der Waals surface area contributed by atoms with Crippen molar-refractivity contribution in [2.24, 2.45) is 0 Å². The van der Waals surface area contributed by atoms with Gasteiger partial charge in [-0.25, -0.2) is 4.68 Å². The molecule has 1 aromatic heterocycles. The van der Waals surface area contributed by atoms with E-state index in [0.717, 1.165) is 11.3 Å². The average molecular weight is 423 g/mol. The summed E-state index contributed by atoms with van der Waals surface area (Å²) < 4.78 is 17.0. The zero-order chi connectivity index (χ0) is 22.2. The fourth-order valence-electron chi connectivity index (χ4n) is 3.04. The molecule has 0 unspecified atom stereocenters. The maximum Gasteiger partial charge on any atom is 0.266 e. The monoisotopic (exact) mass is 423 g/mol. The summed E-state index contributed by atoms with van der Waals surface area (Å²) in [5, 5.41) is 7.25. The molecule has 162 valence electrons. The van der Waals surface area contributed by atoms with Gasteiger partial charge in [0.05, 0.1) is 32.7 Å². The highest BCUT2D eigenvalue weighted by atomic mass is 16.5. The first-order chi connectivity index (χ1) is 15.0. The normalized spacial score (nSPS) is 10.4. The summed E-state index contributed by atoms with van der Waals surface area (Å²) in [4.78, 5) is 24.6. The highest BCUT2D eigenvalue weighted by Crippen LogP contribution is 2.29. The Labute approximate surface area is 180 Å². The number of aromatic nitrogens is 2. The molecule has 8 heteroatoms. The second-order valence-corrected chi connectivity index (χ2v) is 6.73. The van der Waals surface area contributed by atoms with Gasteiger partial charge in [0.25, 0.3) is 5.56 Å². The fraction of sp³-hybridized carbons (Fsp3) is 0.261. The maximum atomic E-state index is 12.4. The van der Waals surface area contributed by atoms with Gasteiger partial charge in [-0.3, -0.25) is 9.59 Å². The maximum absolute atomic E-state index is 12.4. The molecule has 1 amide bonds. The molecule has 3 aromatic rings.